The average Bonchev–Trinajstić information content (AvgIpc) is 3.36. The summed E-state index contributed by atoms with van der Waals surface area (Å²) in [6.07, 6.45) is 0. The number of hydrogen-bond donors (Lipinski definition) is 0. The van der Waals surface area contributed by atoms with E-state index in [0.29, 0.717) is 0 Å². The Hall–Kier alpha value is -1.74. The summed E-state index contributed by atoms with van der Waals surface area (Å²) in [6.45, 7) is 0. The van der Waals surface area contributed by atoms with Gasteiger partial charge in [-0.25, -0.2) is 14.4 Å². The number of benzene rings is 2. The molecule has 2 aromatic carbocycles. The van der Waals surface area contributed by atoms with E-state index in [4.69, 9.17) is 9.72 Å². The van der Waals surface area contributed by atoms with Gasteiger partial charge in [0.05, 0.1) is 24.1 Å². The van der Waals surface area contributed by atoms with Crippen LogP contribution in [-0.2, 0) is 5.75 Å². The number of thiazole rings is 2. The number of aromatic nitrogens is 2. The van der Waals surface area contributed by atoms with Gasteiger partial charge in [0.1, 0.15) is 16.6 Å². The molecule has 0 saturated heterocycles. The van der Waals surface area contributed by atoms with E-state index < -0.39 is 0 Å². The molecule has 0 atom stereocenters. The van der Waals surface area contributed by atoms with Crippen LogP contribution in [-0.4, -0.2) is 17.1 Å². The van der Waals surface area contributed by atoms with Gasteiger partial charge in [-0.2, -0.15) is 0 Å². The fourth-order valence-corrected chi connectivity index (χ4v) is 5.59. The molecule has 0 spiro atoms. The second kappa shape index (κ2) is 8.73. The van der Waals surface area contributed by atoms with Crippen molar-refractivity contribution in [2.24, 2.45) is 0 Å². The lowest BCUT2D eigenvalue weighted by Gasteiger charge is -2.06. The fourth-order valence-electron chi connectivity index (χ4n) is 2.56. The monoisotopic (exact) mass is 492 g/mol. The third-order valence-electron chi connectivity index (χ3n) is 3.91. The zero-order valence-electron chi connectivity index (χ0n) is 14.7. The Bertz CT molecular complexity index is 1100. The summed E-state index contributed by atoms with van der Waals surface area (Å²) in [5, 5.41) is 4.99. The first-order chi connectivity index (χ1) is 13.6. The molecular weight excluding hydrogens is 479 g/mol. The van der Waals surface area contributed by atoms with Crippen LogP contribution in [0.5, 0.6) is 5.75 Å². The van der Waals surface area contributed by atoms with E-state index in [1.807, 2.05) is 23.6 Å². The summed E-state index contributed by atoms with van der Waals surface area (Å²) < 4.78 is 20.5. The minimum Gasteiger partial charge on any atom is -0.496 e. The molecule has 28 heavy (non-hydrogen) atoms. The third kappa shape index (κ3) is 4.46. The highest BCUT2D eigenvalue weighted by Crippen LogP contribution is 2.36. The molecule has 0 unspecified atom stereocenters. The summed E-state index contributed by atoms with van der Waals surface area (Å²) in [7, 11) is 1.66. The zero-order chi connectivity index (χ0) is 19.5. The minimum absolute atomic E-state index is 0.241. The van der Waals surface area contributed by atoms with Crippen LogP contribution in [0.25, 0.3) is 21.8 Å². The van der Waals surface area contributed by atoms with Crippen LogP contribution in [0.15, 0.2) is 62.0 Å². The highest BCUT2D eigenvalue weighted by atomic mass is 79.9. The van der Waals surface area contributed by atoms with Gasteiger partial charge in [0.15, 0.2) is 4.34 Å². The van der Waals surface area contributed by atoms with Crippen LogP contribution in [0.4, 0.5) is 4.39 Å². The molecule has 0 N–H and O–H groups in total. The van der Waals surface area contributed by atoms with Crippen LogP contribution in [0, 0.1) is 5.82 Å². The molecule has 2 heterocycles. The van der Waals surface area contributed by atoms with Crippen molar-refractivity contribution in [3.8, 4) is 27.6 Å². The first-order valence-electron chi connectivity index (χ1n) is 8.25. The molecule has 8 heteroatoms. The molecular formula is C20H14BrFN2OS3. The number of nitrogens with zero attached hydrogens (tertiary/aromatic N) is 2. The minimum atomic E-state index is -0.241. The van der Waals surface area contributed by atoms with Gasteiger partial charge in [-0.3, -0.25) is 0 Å². The largest absolute Gasteiger partial charge is 0.496 e. The lowest BCUT2D eigenvalue weighted by molar-refractivity contribution is 0.416. The number of thioether (sulfide) groups is 1. The second-order valence-electron chi connectivity index (χ2n) is 5.78. The molecule has 4 aromatic rings. The predicted octanol–water partition coefficient (Wildman–Crippen LogP) is 7.14. The molecule has 2 aromatic heterocycles. The zero-order valence-corrected chi connectivity index (χ0v) is 18.7. The standard InChI is InChI=1S/C20H14BrFN2OS3/c1-25-18-7-4-13(21)8-16(18)19-23-15(9-26-19)10-27-20-24-17(11-28-20)12-2-5-14(22)6-3-12/h2-9,11H,10H2,1H3. The van der Waals surface area contributed by atoms with Crippen molar-refractivity contribution >= 4 is 50.4 Å². The fraction of sp³-hybridized carbons (Fsp3) is 0.100. The van der Waals surface area contributed by atoms with Gasteiger partial charge in [-0.15, -0.1) is 22.7 Å². The number of halogens is 2. The van der Waals surface area contributed by atoms with E-state index in [9.17, 15) is 4.39 Å². The van der Waals surface area contributed by atoms with Gasteiger partial charge in [-0.1, -0.05) is 27.7 Å². The van der Waals surface area contributed by atoms with Crippen LogP contribution in [0.1, 0.15) is 5.69 Å². The van der Waals surface area contributed by atoms with Crippen molar-refractivity contribution in [3.63, 3.8) is 0 Å². The van der Waals surface area contributed by atoms with Crippen molar-refractivity contribution in [1.29, 1.82) is 0 Å². The highest BCUT2D eigenvalue weighted by Gasteiger charge is 2.12. The SMILES string of the molecule is COc1ccc(Br)cc1-c1nc(CSc2nc(-c3ccc(F)cc3)cs2)cs1. The van der Waals surface area contributed by atoms with Crippen molar-refractivity contribution < 1.29 is 9.13 Å². The molecule has 0 bridgehead atoms. The first kappa shape index (κ1) is 19.6. The normalized spacial score (nSPS) is 11.0. The van der Waals surface area contributed by atoms with Crippen molar-refractivity contribution in [2.45, 2.75) is 10.1 Å². The van der Waals surface area contributed by atoms with Crippen LogP contribution in [0.3, 0.4) is 0 Å². The molecule has 4 rings (SSSR count). The van der Waals surface area contributed by atoms with Crippen LogP contribution in [0.2, 0.25) is 0 Å². The molecule has 0 fully saturated rings. The van der Waals surface area contributed by atoms with Crippen molar-refractivity contribution in [3.05, 3.63) is 69.2 Å². The van der Waals surface area contributed by atoms with Gasteiger partial charge < -0.3 is 4.74 Å². The average molecular weight is 493 g/mol. The number of hydrogen-bond acceptors (Lipinski definition) is 6. The molecule has 0 radical (unpaired) electrons. The van der Waals surface area contributed by atoms with Crippen molar-refractivity contribution in [1.82, 2.24) is 9.97 Å². The molecule has 0 aliphatic heterocycles. The quantitative estimate of drug-likeness (QED) is 0.268. The van der Waals surface area contributed by atoms with E-state index in [0.717, 1.165) is 47.8 Å². The summed E-state index contributed by atoms with van der Waals surface area (Å²) >= 11 is 8.34. The number of rotatable bonds is 6. The van der Waals surface area contributed by atoms with Gasteiger partial charge in [0.25, 0.3) is 0 Å². The van der Waals surface area contributed by atoms with Crippen LogP contribution >= 0.6 is 50.4 Å². The Morgan fingerprint density at radius 1 is 1.07 bits per heavy atom. The van der Waals surface area contributed by atoms with Gasteiger partial charge >= 0.3 is 0 Å². The summed E-state index contributed by atoms with van der Waals surface area (Å²) in [6, 6.07) is 12.3. The molecule has 3 nitrogen and oxygen atoms in total. The first-order valence-corrected chi connectivity index (χ1v) is 11.8. The molecule has 0 aliphatic rings. The Morgan fingerprint density at radius 2 is 1.89 bits per heavy atom. The van der Waals surface area contributed by atoms with E-state index >= 15 is 0 Å². The summed E-state index contributed by atoms with van der Waals surface area (Å²) in [5.74, 6) is 1.30. The summed E-state index contributed by atoms with van der Waals surface area (Å²) in [5.41, 5.74) is 3.77. The van der Waals surface area contributed by atoms with Crippen LogP contribution < -0.4 is 4.74 Å². The Labute approximate surface area is 182 Å². The number of methoxy groups -OCH3 is 1. The highest BCUT2D eigenvalue weighted by molar-refractivity contribution is 9.10. The van der Waals surface area contributed by atoms with Gasteiger partial charge in [0.2, 0.25) is 0 Å². The smallest absolute Gasteiger partial charge is 0.150 e. The third-order valence-corrected chi connectivity index (χ3v) is 7.38. The number of ether oxygens (including phenoxy) is 1. The molecule has 0 aliphatic carbocycles. The molecule has 142 valence electrons. The Kier molecular flexibility index (Phi) is 6.10. The Balaban J connectivity index is 1.46. The second-order valence-corrected chi connectivity index (χ2v) is 9.64. The predicted molar refractivity (Wildman–Crippen MR) is 119 cm³/mol. The van der Waals surface area contributed by atoms with Crippen molar-refractivity contribution in [2.75, 3.05) is 7.11 Å². The van der Waals surface area contributed by atoms with Gasteiger partial charge in [-0.05, 0) is 42.5 Å². The topological polar surface area (TPSA) is 35.0 Å². The lowest BCUT2D eigenvalue weighted by atomic mass is 10.2. The maximum atomic E-state index is 13.1. The van der Waals surface area contributed by atoms with Gasteiger partial charge in [0, 0.05) is 26.5 Å². The summed E-state index contributed by atoms with van der Waals surface area (Å²) in [4.78, 5) is 9.39. The van der Waals surface area contributed by atoms with E-state index in [1.54, 1.807) is 53.7 Å². The molecule has 0 saturated carbocycles. The van der Waals surface area contributed by atoms with E-state index in [1.165, 1.54) is 12.1 Å². The maximum absolute atomic E-state index is 13.1. The van der Waals surface area contributed by atoms with E-state index in [-0.39, 0.29) is 5.82 Å². The maximum Gasteiger partial charge on any atom is 0.150 e. The molecule has 0 amide bonds. The van der Waals surface area contributed by atoms with E-state index in [2.05, 4.69) is 26.3 Å². The lowest BCUT2D eigenvalue weighted by Crippen LogP contribution is -1.88. The Morgan fingerprint density at radius 3 is 2.68 bits per heavy atom.